The summed E-state index contributed by atoms with van der Waals surface area (Å²) in [6.07, 6.45) is 8.18. The molecule has 2 aliphatic carbocycles. The smallest absolute Gasteiger partial charge is 0.0308 e. The molecule has 1 saturated carbocycles. The molecule has 3 atom stereocenters. The summed E-state index contributed by atoms with van der Waals surface area (Å²) in [7, 11) is 0. The molecule has 3 unspecified atom stereocenters. The van der Waals surface area contributed by atoms with Gasteiger partial charge in [0.2, 0.25) is 0 Å². The topological polar surface area (TPSA) is 12.9 Å². The highest BCUT2D eigenvalue weighted by molar-refractivity contribution is 5.42. The summed E-state index contributed by atoms with van der Waals surface area (Å²) >= 11 is 0. The molecule has 3 rings (SSSR count). The summed E-state index contributed by atoms with van der Waals surface area (Å²) in [5.74, 6) is 1.63. The van der Waals surface area contributed by atoms with Crippen LogP contribution in [0.3, 0.4) is 0 Å². The molecule has 1 nitrogen and oxygen atoms in total. The Morgan fingerprint density at radius 3 is 3.21 bits per heavy atom. The van der Waals surface area contributed by atoms with Gasteiger partial charge in [-0.05, 0) is 47.3 Å². The lowest BCUT2D eigenvalue weighted by molar-refractivity contribution is 0.223. The Labute approximate surface area is 85.6 Å². The van der Waals surface area contributed by atoms with E-state index < -0.39 is 0 Å². The molecule has 74 valence electrons. The Bertz CT molecular complexity index is 371. The fraction of sp³-hybridized carbons (Fsp3) is 0.615. The average Bonchev–Trinajstić information content (AvgIpc) is 2.36. The summed E-state index contributed by atoms with van der Waals surface area (Å²) in [5, 5.41) is 0. The molecule has 2 bridgehead atoms. The summed E-state index contributed by atoms with van der Waals surface area (Å²) < 4.78 is 0. The molecule has 0 radical (unpaired) electrons. The predicted octanol–water partition coefficient (Wildman–Crippen LogP) is 3.26. The Balaban J connectivity index is 2.24. The Morgan fingerprint density at radius 1 is 1.50 bits per heavy atom. The van der Waals surface area contributed by atoms with E-state index in [2.05, 4.69) is 31.1 Å². The fourth-order valence-corrected chi connectivity index (χ4v) is 3.62. The monoisotopic (exact) mass is 187 g/mol. The first-order valence-corrected chi connectivity index (χ1v) is 5.68. The third-order valence-electron chi connectivity index (χ3n) is 4.69. The molecule has 0 saturated heterocycles. The standard InChI is InChI=1S/C13H17N/c1-9-10-4-3-6-13(9,2)12-8-14-7-5-11(10)12/h5,7-10H,3-4,6H2,1-2H3. The Morgan fingerprint density at radius 2 is 2.36 bits per heavy atom. The van der Waals surface area contributed by atoms with E-state index in [0.29, 0.717) is 5.41 Å². The first-order chi connectivity index (χ1) is 6.73. The minimum absolute atomic E-state index is 0.423. The molecule has 0 aliphatic heterocycles. The van der Waals surface area contributed by atoms with Gasteiger partial charge in [-0.2, -0.15) is 0 Å². The lowest BCUT2D eigenvalue weighted by atomic mass is 9.67. The number of nitrogens with zero attached hydrogens (tertiary/aromatic N) is 1. The van der Waals surface area contributed by atoms with Gasteiger partial charge in [0.15, 0.2) is 0 Å². The van der Waals surface area contributed by atoms with Crippen molar-refractivity contribution >= 4 is 0 Å². The van der Waals surface area contributed by atoms with E-state index in [1.165, 1.54) is 24.8 Å². The summed E-state index contributed by atoms with van der Waals surface area (Å²) in [6.45, 7) is 4.85. The van der Waals surface area contributed by atoms with Gasteiger partial charge in [-0.15, -0.1) is 0 Å². The lowest BCUT2D eigenvalue weighted by Gasteiger charge is -2.36. The van der Waals surface area contributed by atoms with E-state index in [9.17, 15) is 0 Å². The first kappa shape index (κ1) is 8.46. The van der Waals surface area contributed by atoms with Gasteiger partial charge < -0.3 is 0 Å². The van der Waals surface area contributed by atoms with Gasteiger partial charge in [-0.25, -0.2) is 0 Å². The molecular weight excluding hydrogens is 170 g/mol. The fourth-order valence-electron chi connectivity index (χ4n) is 3.62. The highest BCUT2D eigenvalue weighted by Crippen LogP contribution is 2.57. The summed E-state index contributed by atoms with van der Waals surface area (Å²) in [4.78, 5) is 4.30. The van der Waals surface area contributed by atoms with E-state index in [4.69, 9.17) is 0 Å². The summed E-state index contributed by atoms with van der Waals surface area (Å²) in [6, 6.07) is 2.24. The Hall–Kier alpha value is -0.850. The number of hydrogen-bond acceptors (Lipinski definition) is 1. The van der Waals surface area contributed by atoms with Crippen molar-refractivity contribution in [3.8, 4) is 0 Å². The van der Waals surface area contributed by atoms with Crippen molar-refractivity contribution in [2.45, 2.75) is 44.4 Å². The van der Waals surface area contributed by atoms with Crippen LogP contribution in [0.4, 0.5) is 0 Å². The molecule has 1 heteroatoms. The molecule has 1 fully saturated rings. The summed E-state index contributed by atoms with van der Waals surface area (Å²) in [5.41, 5.74) is 3.55. The van der Waals surface area contributed by atoms with E-state index >= 15 is 0 Å². The molecule has 0 amide bonds. The van der Waals surface area contributed by atoms with Crippen LogP contribution >= 0.6 is 0 Å². The zero-order valence-corrected chi connectivity index (χ0v) is 8.96. The van der Waals surface area contributed by atoms with Crippen LogP contribution in [0.25, 0.3) is 0 Å². The third-order valence-corrected chi connectivity index (χ3v) is 4.69. The Kier molecular flexibility index (Phi) is 1.56. The SMILES string of the molecule is CC1C2CCCC1(C)c1cnccc12. The van der Waals surface area contributed by atoms with Crippen LogP contribution in [0.5, 0.6) is 0 Å². The average molecular weight is 187 g/mol. The first-order valence-electron chi connectivity index (χ1n) is 5.68. The highest BCUT2D eigenvalue weighted by Gasteiger charge is 2.48. The van der Waals surface area contributed by atoms with Crippen molar-refractivity contribution in [3.63, 3.8) is 0 Å². The van der Waals surface area contributed by atoms with E-state index in [-0.39, 0.29) is 0 Å². The molecule has 2 aliphatic rings. The highest BCUT2D eigenvalue weighted by atomic mass is 14.7. The second-order valence-electron chi connectivity index (χ2n) is 5.17. The van der Waals surface area contributed by atoms with E-state index in [1.54, 1.807) is 5.56 Å². The van der Waals surface area contributed by atoms with Crippen LogP contribution < -0.4 is 0 Å². The number of fused-ring (bicyclic) bond motifs is 5. The maximum atomic E-state index is 4.30. The molecule has 0 N–H and O–H groups in total. The number of aromatic nitrogens is 1. The normalized spacial score (nSPS) is 39.6. The van der Waals surface area contributed by atoms with Crippen molar-refractivity contribution in [2.24, 2.45) is 5.92 Å². The van der Waals surface area contributed by atoms with Crippen molar-refractivity contribution in [3.05, 3.63) is 29.6 Å². The number of rotatable bonds is 0. The zero-order chi connectivity index (χ0) is 9.76. The van der Waals surface area contributed by atoms with Gasteiger partial charge in [0.05, 0.1) is 0 Å². The number of pyridine rings is 1. The third kappa shape index (κ3) is 0.832. The largest absolute Gasteiger partial charge is 0.264 e. The molecule has 1 aromatic rings. The van der Waals surface area contributed by atoms with E-state index in [1.807, 2.05) is 6.20 Å². The van der Waals surface area contributed by atoms with Crippen molar-refractivity contribution in [1.82, 2.24) is 4.98 Å². The van der Waals surface area contributed by atoms with Crippen molar-refractivity contribution in [1.29, 1.82) is 0 Å². The molecule has 1 heterocycles. The minimum atomic E-state index is 0.423. The van der Waals surface area contributed by atoms with Crippen LogP contribution in [-0.2, 0) is 5.41 Å². The second-order valence-corrected chi connectivity index (χ2v) is 5.17. The van der Waals surface area contributed by atoms with E-state index in [0.717, 1.165) is 11.8 Å². The van der Waals surface area contributed by atoms with Crippen LogP contribution in [0.15, 0.2) is 18.5 Å². The lowest BCUT2D eigenvalue weighted by Crippen LogP contribution is -2.30. The quantitative estimate of drug-likeness (QED) is 0.607. The number of hydrogen-bond donors (Lipinski definition) is 0. The van der Waals surface area contributed by atoms with Crippen LogP contribution in [0.2, 0.25) is 0 Å². The maximum Gasteiger partial charge on any atom is 0.0308 e. The van der Waals surface area contributed by atoms with Crippen molar-refractivity contribution < 1.29 is 0 Å². The van der Waals surface area contributed by atoms with Gasteiger partial charge in [0, 0.05) is 12.4 Å². The van der Waals surface area contributed by atoms with Gasteiger partial charge >= 0.3 is 0 Å². The molecule has 1 aromatic heterocycles. The van der Waals surface area contributed by atoms with Crippen LogP contribution in [-0.4, -0.2) is 4.98 Å². The van der Waals surface area contributed by atoms with Gasteiger partial charge in [-0.3, -0.25) is 4.98 Å². The van der Waals surface area contributed by atoms with Gasteiger partial charge in [-0.1, -0.05) is 20.3 Å². The van der Waals surface area contributed by atoms with Crippen molar-refractivity contribution in [2.75, 3.05) is 0 Å². The predicted molar refractivity (Wildman–Crippen MR) is 57.3 cm³/mol. The van der Waals surface area contributed by atoms with Gasteiger partial charge in [0.1, 0.15) is 0 Å². The van der Waals surface area contributed by atoms with Gasteiger partial charge in [0.25, 0.3) is 0 Å². The molecular formula is C13H17N. The molecule has 0 spiro atoms. The maximum absolute atomic E-state index is 4.30. The van der Waals surface area contributed by atoms with Crippen LogP contribution in [0, 0.1) is 5.92 Å². The minimum Gasteiger partial charge on any atom is -0.264 e. The van der Waals surface area contributed by atoms with Crippen LogP contribution in [0.1, 0.15) is 50.2 Å². The molecule has 0 aromatic carbocycles. The zero-order valence-electron chi connectivity index (χ0n) is 8.96. The molecule has 14 heavy (non-hydrogen) atoms. The second kappa shape index (κ2) is 2.59.